The Kier molecular flexibility index (Phi) is 4.01. The first kappa shape index (κ1) is 14.4. The topological polar surface area (TPSA) is 72.2 Å². The molecule has 0 saturated heterocycles. The summed E-state index contributed by atoms with van der Waals surface area (Å²) in [4.78, 5) is -1.03. The first-order chi connectivity index (χ1) is 9.40. The molecule has 0 aliphatic heterocycles. The molecule has 0 saturated carbocycles. The van der Waals surface area contributed by atoms with Gasteiger partial charge in [0.05, 0.1) is 0 Å². The van der Waals surface area contributed by atoms with Crippen LogP contribution in [0.4, 0.5) is 14.5 Å². The fourth-order valence-electron chi connectivity index (χ4n) is 1.68. The van der Waals surface area contributed by atoms with Crippen molar-refractivity contribution >= 4 is 15.7 Å². The highest BCUT2D eigenvalue weighted by Gasteiger charge is 2.24. The molecule has 0 aliphatic rings. The van der Waals surface area contributed by atoms with E-state index in [1.165, 1.54) is 0 Å². The lowest BCUT2D eigenvalue weighted by molar-refractivity contribution is 0.514. The van der Waals surface area contributed by atoms with E-state index in [0.717, 1.165) is 12.1 Å². The number of sulfonamides is 1. The molecular weight excluding hydrogens is 286 g/mol. The van der Waals surface area contributed by atoms with Crippen molar-refractivity contribution < 1.29 is 17.2 Å². The van der Waals surface area contributed by atoms with Crippen molar-refractivity contribution in [1.82, 2.24) is 4.72 Å². The minimum absolute atomic E-state index is 0.0631. The summed E-state index contributed by atoms with van der Waals surface area (Å²) in [6.45, 7) is -0.0631. The van der Waals surface area contributed by atoms with Crippen LogP contribution in [0.5, 0.6) is 0 Å². The molecule has 0 amide bonds. The van der Waals surface area contributed by atoms with Crippen molar-refractivity contribution in [2.45, 2.75) is 11.4 Å². The normalized spacial score (nSPS) is 11.5. The Bertz CT molecular complexity index is 695. The van der Waals surface area contributed by atoms with Gasteiger partial charge in [0.1, 0.15) is 11.6 Å². The number of rotatable bonds is 4. The highest BCUT2D eigenvalue weighted by molar-refractivity contribution is 7.89. The summed E-state index contributed by atoms with van der Waals surface area (Å²) < 4.78 is 53.2. The maximum absolute atomic E-state index is 13.6. The Morgan fingerprint density at radius 3 is 2.15 bits per heavy atom. The molecule has 0 spiro atoms. The number of anilines is 1. The van der Waals surface area contributed by atoms with Crippen molar-refractivity contribution in [3.8, 4) is 0 Å². The Morgan fingerprint density at radius 2 is 1.60 bits per heavy atom. The van der Waals surface area contributed by atoms with Gasteiger partial charge in [0, 0.05) is 12.2 Å². The lowest BCUT2D eigenvalue weighted by atomic mass is 10.2. The fraction of sp³-hybridized carbons (Fsp3) is 0.0769. The second-order valence-corrected chi connectivity index (χ2v) is 5.83. The molecule has 2 aromatic carbocycles. The SMILES string of the molecule is Nc1cc(F)c(S(=O)(=O)NCc2ccccc2)c(F)c1. The van der Waals surface area contributed by atoms with Crippen LogP contribution < -0.4 is 10.5 Å². The summed E-state index contributed by atoms with van der Waals surface area (Å²) in [5, 5.41) is 0. The zero-order chi connectivity index (χ0) is 14.8. The van der Waals surface area contributed by atoms with Gasteiger partial charge in [0.25, 0.3) is 0 Å². The lowest BCUT2D eigenvalue weighted by Crippen LogP contribution is -2.25. The van der Waals surface area contributed by atoms with Crippen LogP contribution in [0.3, 0.4) is 0 Å². The van der Waals surface area contributed by atoms with Crippen molar-refractivity contribution in [2.75, 3.05) is 5.73 Å². The van der Waals surface area contributed by atoms with Gasteiger partial charge in [0.15, 0.2) is 4.90 Å². The highest BCUT2D eigenvalue weighted by atomic mass is 32.2. The molecule has 3 N–H and O–H groups in total. The molecule has 7 heteroatoms. The molecule has 20 heavy (non-hydrogen) atoms. The van der Waals surface area contributed by atoms with Gasteiger partial charge in [-0.3, -0.25) is 0 Å². The Hall–Kier alpha value is -1.99. The number of hydrogen-bond donors (Lipinski definition) is 2. The minimum atomic E-state index is -4.29. The molecule has 0 unspecified atom stereocenters. The third kappa shape index (κ3) is 3.12. The van der Waals surface area contributed by atoms with Crippen LogP contribution in [-0.4, -0.2) is 8.42 Å². The van der Waals surface area contributed by atoms with E-state index in [2.05, 4.69) is 4.72 Å². The number of nitrogens with two attached hydrogens (primary N) is 1. The van der Waals surface area contributed by atoms with Crippen molar-refractivity contribution in [3.05, 3.63) is 59.7 Å². The van der Waals surface area contributed by atoms with E-state index in [0.29, 0.717) is 5.56 Å². The van der Waals surface area contributed by atoms with Crippen LogP contribution in [0, 0.1) is 11.6 Å². The van der Waals surface area contributed by atoms with Gasteiger partial charge in [-0.05, 0) is 17.7 Å². The van der Waals surface area contributed by atoms with E-state index in [1.54, 1.807) is 30.3 Å². The van der Waals surface area contributed by atoms with E-state index in [-0.39, 0.29) is 12.2 Å². The number of nitrogens with one attached hydrogen (secondary N) is 1. The molecule has 0 atom stereocenters. The third-order valence-corrected chi connectivity index (χ3v) is 4.05. The van der Waals surface area contributed by atoms with Crippen LogP contribution in [0.15, 0.2) is 47.4 Å². The second kappa shape index (κ2) is 5.56. The summed E-state index contributed by atoms with van der Waals surface area (Å²) in [7, 11) is -4.29. The van der Waals surface area contributed by atoms with Crippen molar-refractivity contribution in [2.24, 2.45) is 0 Å². The van der Waals surface area contributed by atoms with Gasteiger partial charge in [-0.2, -0.15) is 0 Å². The Labute approximate surface area is 115 Å². The molecule has 0 radical (unpaired) electrons. The maximum Gasteiger partial charge on any atom is 0.246 e. The molecule has 2 aromatic rings. The predicted octanol–water partition coefficient (Wildman–Crippen LogP) is 2.03. The Balaban J connectivity index is 2.28. The van der Waals surface area contributed by atoms with Gasteiger partial charge >= 0.3 is 0 Å². The number of benzene rings is 2. The van der Waals surface area contributed by atoms with E-state index < -0.39 is 26.6 Å². The van der Waals surface area contributed by atoms with Gasteiger partial charge in [-0.25, -0.2) is 21.9 Å². The second-order valence-electron chi connectivity index (χ2n) is 4.12. The number of halogens is 2. The summed E-state index contributed by atoms with van der Waals surface area (Å²) >= 11 is 0. The van der Waals surface area contributed by atoms with Crippen LogP contribution >= 0.6 is 0 Å². The lowest BCUT2D eigenvalue weighted by Gasteiger charge is -2.09. The molecule has 0 aromatic heterocycles. The fourth-order valence-corrected chi connectivity index (χ4v) is 2.81. The smallest absolute Gasteiger partial charge is 0.246 e. The largest absolute Gasteiger partial charge is 0.399 e. The first-order valence-corrected chi connectivity index (χ1v) is 7.16. The first-order valence-electron chi connectivity index (χ1n) is 5.68. The Morgan fingerprint density at radius 1 is 1.05 bits per heavy atom. The van der Waals surface area contributed by atoms with Crippen LogP contribution in [0.25, 0.3) is 0 Å². The van der Waals surface area contributed by atoms with Crippen LogP contribution in [0.1, 0.15) is 5.56 Å². The minimum Gasteiger partial charge on any atom is -0.399 e. The highest BCUT2D eigenvalue weighted by Crippen LogP contribution is 2.21. The summed E-state index contributed by atoms with van der Waals surface area (Å²) in [5.74, 6) is -2.44. The van der Waals surface area contributed by atoms with Crippen molar-refractivity contribution in [1.29, 1.82) is 0 Å². The van der Waals surface area contributed by atoms with Crippen LogP contribution in [-0.2, 0) is 16.6 Å². The van der Waals surface area contributed by atoms with E-state index in [9.17, 15) is 17.2 Å². The molecule has 0 aliphatic carbocycles. The monoisotopic (exact) mass is 298 g/mol. The van der Waals surface area contributed by atoms with E-state index in [4.69, 9.17) is 5.73 Å². The quantitative estimate of drug-likeness (QED) is 0.848. The molecule has 4 nitrogen and oxygen atoms in total. The molecule has 0 fully saturated rings. The number of hydrogen-bond acceptors (Lipinski definition) is 3. The molecule has 2 rings (SSSR count). The molecule has 0 heterocycles. The molecule has 106 valence electrons. The zero-order valence-corrected chi connectivity index (χ0v) is 11.1. The third-order valence-electron chi connectivity index (χ3n) is 2.60. The van der Waals surface area contributed by atoms with Gasteiger partial charge in [-0.1, -0.05) is 30.3 Å². The average Bonchev–Trinajstić information content (AvgIpc) is 2.36. The van der Waals surface area contributed by atoms with E-state index in [1.807, 2.05) is 0 Å². The van der Waals surface area contributed by atoms with Crippen LogP contribution in [0.2, 0.25) is 0 Å². The van der Waals surface area contributed by atoms with Gasteiger partial charge in [-0.15, -0.1) is 0 Å². The zero-order valence-electron chi connectivity index (χ0n) is 10.3. The molecule has 0 bridgehead atoms. The van der Waals surface area contributed by atoms with Crippen molar-refractivity contribution in [3.63, 3.8) is 0 Å². The maximum atomic E-state index is 13.6. The number of nitrogen functional groups attached to an aromatic ring is 1. The standard InChI is InChI=1S/C13H12F2N2O2S/c14-11-6-10(16)7-12(15)13(11)20(18,19)17-8-9-4-2-1-3-5-9/h1-7,17H,8,16H2. The van der Waals surface area contributed by atoms with Gasteiger partial charge in [0.2, 0.25) is 10.0 Å². The molecular formula is C13H12F2N2O2S. The summed E-state index contributed by atoms with van der Waals surface area (Å²) in [5.41, 5.74) is 5.74. The van der Waals surface area contributed by atoms with E-state index >= 15 is 0 Å². The summed E-state index contributed by atoms with van der Waals surface area (Å²) in [6, 6.07) is 10.1. The predicted molar refractivity (Wildman–Crippen MR) is 71.2 cm³/mol. The average molecular weight is 298 g/mol. The van der Waals surface area contributed by atoms with Gasteiger partial charge < -0.3 is 5.73 Å². The summed E-state index contributed by atoms with van der Waals surface area (Å²) in [6.07, 6.45) is 0.